The van der Waals surface area contributed by atoms with Gasteiger partial charge in [-0.1, -0.05) is 19.4 Å². The lowest BCUT2D eigenvalue weighted by Gasteiger charge is -2.05. The van der Waals surface area contributed by atoms with E-state index in [1.165, 1.54) is 6.07 Å². The van der Waals surface area contributed by atoms with E-state index in [0.717, 1.165) is 24.0 Å². The molecule has 0 amide bonds. The van der Waals surface area contributed by atoms with Gasteiger partial charge in [-0.15, -0.1) is 0 Å². The second-order valence-electron chi connectivity index (χ2n) is 2.87. The van der Waals surface area contributed by atoms with Crippen molar-refractivity contribution in [3.05, 3.63) is 35.1 Å². The zero-order valence-electron chi connectivity index (χ0n) is 7.31. The first-order chi connectivity index (χ1) is 5.77. The standard InChI is InChI=1S/C10H14FN/c1-2-3-8-6-10(11)5-4-9(8)7-12/h4-6H,2-3,7,12H2,1H3. The first kappa shape index (κ1) is 9.20. The molecule has 0 bridgehead atoms. The third-order valence-corrected chi connectivity index (χ3v) is 1.91. The van der Waals surface area contributed by atoms with Gasteiger partial charge in [-0.25, -0.2) is 4.39 Å². The summed E-state index contributed by atoms with van der Waals surface area (Å²) in [5.74, 6) is -0.171. The minimum Gasteiger partial charge on any atom is -0.326 e. The van der Waals surface area contributed by atoms with Crippen LogP contribution in [0.5, 0.6) is 0 Å². The van der Waals surface area contributed by atoms with Gasteiger partial charge in [-0.2, -0.15) is 0 Å². The summed E-state index contributed by atoms with van der Waals surface area (Å²) >= 11 is 0. The largest absolute Gasteiger partial charge is 0.326 e. The summed E-state index contributed by atoms with van der Waals surface area (Å²) in [4.78, 5) is 0. The molecule has 66 valence electrons. The zero-order chi connectivity index (χ0) is 8.97. The van der Waals surface area contributed by atoms with Crippen LogP contribution in [0, 0.1) is 5.82 Å². The second kappa shape index (κ2) is 4.21. The minimum absolute atomic E-state index is 0.171. The number of nitrogens with two attached hydrogens (primary N) is 1. The average Bonchev–Trinajstić information content (AvgIpc) is 2.05. The van der Waals surface area contributed by atoms with E-state index in [1.807, 2.05) is 0 Å². The summed E-state index contributed by atoms with van der Waals surface area (Å²) in [5.41, 5.74) is 7.60. The van der Waals surface area contributed by atoms with Crippen LogP contribution < -0.4 is 5.73 Å². The SMILES string of the molecule is CCCc1cc(F)ccc1CN. The Bertz CT molecular complexity index is 258. The normalized spacial score (nSPS) is 10.2. The number of rotatable bonds is 3. The van der Waals surface area contributed by atoms with Crippen LogP contribution in [0.25, 0.3) is 0 Å². The third kappa shape index (κ3) is 2.05. The van der Waals surface area contributed by atoms with Crippen molar-refractivity contribution in [2.75, 3.05) is 0 Å². The lowest BCUT2D eigenvalue weighted by atomic mass is 10.0. The van der Waals surface area contributed by atoms with Gasteiger partial charge in [-0.05, 0) is 29.7 Å². The molecule has 0 aliphatic carbocycles. The fourth-order valence-corrected chi connectivity index (χ4v) is 1.30. The molecule has 0 saturated heterocycles. The van der Waals surface area contributed by atoms with E-state index in [4.69, 9.17) is 5.73 Å². The molecule has 2 N–H and O–H groups in total. The lowest BCUT2D eigenvalue weighted by molar-refractivity contribution is 0.623. The molecular weight excluding hydrogens is 153 g/mol. The van der Waals surface area contributed by atoms with E-state index in [-0.39, 0.29) is 5.82 Å². The Hall–Kier alpha value is -0.890. The summed E-state index contributed by atoms with van der Waals surface area (Å²) in [5, 5.41) is 0. The van der Waals surface area contributed by atoms with Crippen molar-refractivity contribution in [3.63, 3.8) is 0 Å². The van der Waals surface area contributed by atoms with Crippen LogP contribution in [0.15, 0.2) is 18.2 Å². The van der Waals surface area contributed by atoms with Gasteiger partial charge in [0.2, 0.25) is 0 Å². The van der Waals surface area contributed by atoms with Crippen LogP contribution in [-0.2, 0) is 13.0 Å². The van der Waals surface area contributed by atoms with Crippen molar-refractivity contribution in [1.29, 1.82) is 0 Å². The number of hydrogen-bond acceptors (Lipinski definition) is 1. The Morgan fingerprint density at radius 3 is 2.67 bits per heavy atom. The maximum atomic E-state index is 12.8. The Morgan fingerprint density at radius 1 is 1.33 bits per heavy atom. The molecule has 0 heterocycles. The molecule has 0 fully saturated rings. The smallest absolute Gasteiger partial charge is 0.123 e. The van der Waals surface area contributed by atoms with Gasteiger partial charge in [0.25, 0.3) is 0 Å². The van der Waals surface area contributed by atoms with E-state index < -0.39 is 0 Å². The van der Waals surface area contributed by atoms with Gasteiger partial charge in [0.1, 0.15) is 5.82 Å². The summed E-state index contributed by atoms with van der Waals surface area (Å²) in [6, 6.07) is 4.80. The van der Waals surface area contributed by atoms with E-state index in [9.17, 15) is 4.39 Å². The molecule has 12 heavy (non-hydrogen) atoms. The van der Waals surface area contributed by atoms with Crippen molar-refractivity contribution in [2.24, 2.45) is 5.73 Å². The quantitative estimate of drug-likeness (QED) is 0.734. The van der Waals surface area contributed by atoms with E-state index in [2.05, 4.69) is 6.92 Å². The van der Waals surface area contributed by atoms with Gasteiger partial charge in [-0.3, -0.25) is 0 Å². The van der Waals surface area contributed by atoms with Crippen LogP contribution in [0.1, 0.15) is 24.5 Å². The van der Waals surface area contributed by atoms with Crippen LogP contribution in [0.3, 0.4) is 0 Å². The highest BCUT2D eigenvalue weighted by atomic mass is 19.1. The summed E-state index contributed by atoms with van der Waals surface area (Å²) in [7, 11) is 0. The molecule has 1 rings (SSSR count). The fourth-order valence-electron chi connectivity index (χ4n) is 1.30. The van der Waals surface area contributed by atoms with E-state index in [1.54, 1.807) is 12.1 Å². The molecule has 0 unspecified atom stereocenters. The van der Waals surface area contributed by atoms with Gasteiger partial charge >= 0.3 is 0 Å². The van der Waals surface area contributed by atoms with Crippen molar-refractivity contribution in [2.45, 2.75) is 26.3 Å². The number of halogens is 1. The molecule has 1 nitrogen and oxygen atoms in total. The van der Waals surface area contributed by atoms with E-state index >= 15 is 0 Å². The molecule has 1 aromatic carbocycles. The lowest BCUT2D eigenvalue weighted by Crippen LogP contribution is -2.01. The first-order valence-electron chi connectivity index (χ1n) is 4.25. The minimum atomic E-state index is -0.171. The predicted molar refractivity (Wildman–Crippen MR) is 48.3 cm³/mol. The van der Waals surface area contributed by atoms with E-state index in [0.29, 0.717) is 6.54 Å². The molecule has 2 heteroatoms. The highest BCUT2D eigenvalue weighted by molar-refractivity contribution is 5.27. The second-order valence-corrected chi connectivity index (χ2v) is 2.87. The molecule has 0 aliphatic heterocycles. The summed E-state index contributed by atoms with van der Waals surface area (Å²) in [6.07, 6.45) is 1.93. The number of benzene rings is 1. The molecular formula is C10H14FN. The van der Waals surface area contributed by atoms with Gasteiger partial charge in [0, 0.05) is 6.54 Å². The zero-order valence-corrected chi connectivity index (χ0v) is 7.31. The van der Waals surface area contributed by atoms with Crippen molar-refractivity contribution >= 4 is 0 Å². The van der Waals surface area contributed by atoms with Crippen LogP contribution in [-0.4, -0.2) is 0 Å². The fraction of sp³-hybridized carbons (Fsp3) is 0.400. The Kier molecular flexibility index (Phi) is 3.23. The Morgan fingerprint density at radius 2 is 2.08 bits per heavy atom. The Balaban J connectivity index is 2.95. The molecule has 1 aromatic rings. The van der Waals surface area contributed by atoms with Gasteiger partial charge < -0.3 is 5.73 Å². The Labute approximate surface area is 72.4 Å². The highest BCUT2D eigenvalue weighted by Gasteiger charge is 2.00. The maximum Gasteiger partial charge on any atom is 0.123 e. The molecule has 0 saturated carbocycles. The van der Waals surface area contributed by atoms with Crippen LogP contribution in [0.4, 0.5) is 4.39 Å². The van der Waals surface area contributed by atoms with Gasteiger partial charge in [0.15, 0.2) is 0 Å². The predicted octanol–water partition coefficient (Wildman–Crippen LogP) is 2.24. The van der Waals surface area contributed by atoms with Crippen LogP contribution >= 0.6 is 0 Å². The highest BCUT2D eigenvalue weighted by Crippen LogP contribution is 2.12. The molecule has 0 spiro atoms. The average molecular weight is 167 g/mol. The molecule has 0 aromatic heterocycles. The first-order valence-corrected chi connectivity index (χ1v) is 4.25. The maximum absolute atomic E-state index is 12.8. The monoisotopic (exact) mass is 167 g/mol. The molecule has 0 radical (unpaired) electrons. The topological polar surface area (TPSA) is 26.0 Å². The molecule has 0 atom stereocenters. The summed E-state index contributed by atoms with van der Waals surface area (Å²) < 4.78 is 12.8. The van der Waals surface area contributed by atoms with Crippen LogP contribution in [0.2, 0.25) is 0 Å². The number of hydrogen-bond donors (Lipinski definition) is 1. The number of aryl methyl sites for hydroxylation is 1. The molecule has 0 aliphatic rings. The summed E-state index contributed by atoms with van der Waals surface area (Å²) in [6.45, 7) is 2.57. The van der Waals surface area contributed by atoms with Gasteiger partial charge in [0.05, 0.1) is 0 Å². The van der Waals surface area contributed by atoms with Crippen molar-refractivity contribution < 1.29 is 4.39 Å². The third-order valence-electron chi connectivity index (χ3n) is 1.91. The van der Waals surface area contributed by atoms with Crippen molar-refractivity contribution in [1.82, 2.24) is 0 Å². The van der Waals surface area contributed by atoms with Crippen molar-refractivity contribution in [3.8, 4) is 0 Å².